The van der Waals surface area contributed by atoms with Gasteiger partial charge in [0.25, 0.3) is 0 Å². The Morgan fingerprint density at radius 3 is 2.64 bits per heavy atom. The van der Waals surface area contributed by atoms with Gasteiger partial charge < -0.3 is 24.2 Å². The van der Waals surface area contributed by atoms with E-state index in [0.29, 0.717) is 29.7 Å². The van der Waals surface area contributed by atoms with E-state index in [-0.39, 0.29) is 6.04 Å². The minimum absolute atomic E-state index is 0.169. The van der Waals surface area contributed by atoms with Crippen molar-refractivity contribution in [2.24, 2.45) is 0 Å². The minimum atomic E-state index is -0.691. The van der Waals surface area contributed by atoms with E-state index in [1.165, 1.54) is 12.8 Å². The lowest BCUT2D eigenvalue weighted by Gasteiger charge is -2.30. The molecule has 2 aromatic rings. The molecule has 1 saturated heterocycles. The van der Waals surface area contributed by atoms with Crippen LogP contribution in [0.1, 0.15) is 36.5 Å². The maximum atomic E-state index is 11.3. The summed E-state index contributed by atoms with van der Waals surface area (Å²) in [5.74, 6) is 2.10. The molecule has 2 atom stereocenters. The molecule has 0 aliphatic carbocycles. The molecule has 0 bridgehead atoms. The van der Waals surface area contributed by atoms with E-state index < -0.39 is 6.10 Å². The van der Waals surface area contributed by atoms with Crippen molar-refractivity contribution in [1.82, 2.24) is 10.2 Å². The number of hydrogen-bond acceptors (Lipinski definition) is 5. The molecule has 0 spiro atoms. The molecular formula is C25H32ClN2O4P. The number of halogens is 1. The van der Waals surface area contributed by atoms with Crippen LogP contribution in [-0.4, -0.2) is 61.4 Å². The average molecular weight is 491 g/mol. The van der Waals surface area contributed by atoms with E-state index >= 15 is 0 Å². The predicted molar refractivity (Wildman–Crippen MR) is 135 cm³/mol. The van der Waals surface area contributed by atoms with Crippen LogP contribution >= 0.6 is 20.5 Å². The number of aliphatic hydroxyl groups is 1. The van der Waals surface area contributed by atoms with Gasteiger partial charge in [0.1, 0.15) is 19.0 Å². The highest BCUT2D eigenvalue weighted by atomic mass is 35.5. The third kappa shape index (κ3) is 6.40. The number of methoxy groups -OCH3 is 1. The van der Waals surface area contributed by atoms with Crippen molar-refractivity contribution in [2.75, 3.05) is 40.0 Å². The fraction of sp³-hybridized carbons (Fsp3) is 0.480. The standard InChI is InChI=1S/C25H32ClN2O4P/c1-30-21-7-4-17(14-19(21)26)5-9-24(33)27-20(16-28-10-2-3-11-28)25(29)18-6-8-22-23(15-18)32-13-12-31-22/h4,6-8,14-15,20,25,27,29,33H,2-3,5,9-13,16H2,1H3/t20-,25-/m1/s1. The first kappa shape index (κ1) is 24.3. The Kier molecular flexibility index (Phi) is 8.50. The van der Waals surface area contributed by atoms with Crippen LogP contribution in [0.25, 0.3) is 0 Å². The molecule has 6 nitrogen and oxygen atoms in total. The van der Waals surface area contributed by atoms with Crippen molar-refractivity contribution in [2.45, 2.75) is 37.8 Å². The number of nitrogens with zero attached hydrogens (tertiary/aromatic N) is 1. The smallest absolute Gasteiger partial charge is 0.161 e. The second kappa shape index (κ2) is 11.5. The van der Waals surface area contributed by atoms with Crippen molar-refractivity contribution in [1.29, 1.82) is 0 Å². The summed E-state index contributed by atoms with van der Waals surface area (Å²) >= 11 is 6.27. The van der Waals surface area contributed by atoms with Gasteiger partial charge in [-0.2, -0.15) is 0 Å². The number of rotatable bonds is 10. The van der Waals surface area contributed by atoms with Gasteiger partial charge in [-0.15, -0.1) is 8.86 Å². The van der Waals surface area contributed by atoms with Crippen LogP contribution in [0.3, 0.4) is 0 Å². The van der Waals surface area contributed by atoms with Crippen LogP contribution in [0.2, 0.25) is 5.02 Å². The van der Waals surface area contributed by atoms with Crippen molar-refractivity contribution in [3.8, 4) is 17.2 Å². The molecule has 8 heteroatoms. The zero-order valence-corrected chi connectivity index (χ0v) is 20.7. The van der Waals surface area contributed by atoms with Gasteiger partial charge in [0, 0.05) is 12.0 Å². The fourth-order valence-electron chi connectivity index (χ4n) is 4.37. The molecule has 0 amide bonds. The van der Waals surface area contributed by atoms with Crippen molar-refractivity contribution < 1.29 is 19.3 Å². The van der Waals surface area contributed by atoms with Gasteiger partial charge in [0.15, 0.2) is 11.5 Å². The van der Waals surface area contributed by atoms with Crippen molar-refractivity contribution >= 4 is 25.9 Å². The zero-order chi connectivity index (χ0) is 23.2. The Hall–Kier alpha value is -1.82. The zero-order valence-electron chi connectivity index (χ0n) is 19.0. The van der Waals surface area contributed by atoms with Gasteiger partial charge >= 0.3 is 0 Å². The van der Waals surface area contributed by atoms with E-state index in [0.717, 1.165) is 54.8 Å². The summed E-state index contributed by atoms with van der Waals surface area (Å²) in [4.78, 5) is 2.40. The van der Waals surface area contributed by atoms with Gasteiger partial charge in [-0.1, -0.05) is 23.7 Å². The lowest BCUT2D eigenvalue weighted by molar-refractivity contribution is 0.115. The van der Waals surface area contributed by atoms with Crippen molar-refractivity contribution in [3.63, 3.8) is 0 Å². The highest BCUT2D eigenvalue weighted by Gasteiger charge is 2.27. The van der Waals surface area contributed by atoms with Crippen LogP contribution in [0.15, 0.2) is 36.4 Å². The van der Waals surface area contributed by atoms with Gasteiger partial charge in [-0.3, -0.25) is 5.32 Å². The van der Waals surface area contributed by atoms with E-state index in [1.54, 1.807) is 7.11 Å². The summed E-state index contributed by atoms with van der Waals surface area (Å²) in [5.41, 5.74) is 2.89. The summed E-state index contributed by atoms with van der Waals surface area (Å²) in [7, 11) is 5.38. The Bertz CT molecular complexity index is 967. The number of aryl methyl sites for hydroxylation is 1. The third-order valence-electron chi connectivity index (χ3n) is 6.18. The van der Waals surface area contributed by atoms with E-state index in [2.05, 4.69) is 19.1 Å². The fourth-order valence-corrected chi connectivity index (χ4v) is 4.97. The van der Waals surface area contributed by atoms with Crippen molar-refractivity contribution in [3.05, 3.63) is 52.5 Å². The van der Waals surface area contributed by atoms with Crippen LogP contribution in [0.4, 0.5) is 0 Å². The highest BCUT2D eigenvalue weighted by molar-refractivity contribution is 7.20. The largest absolute Gasteiger partial charge is 0.495 e. The normalized spacial score (nSPS) is 17.5. The molecule has 0 unspecified atom stereocenters. The van der Waals surface area contributed by atoms with Gasteiger partial charge in [-0.25, -0.2) is 0 Å². The van der Waals surface area contributed by atoms with Crippen LogP contribution < -0.4 is 19.5 Å². The maximum absolute atomic E-state index is 11.3. The number of benzene rings is 2. The summed E-state index contributed by atoms with van der Waals surface area (Å²) in [6, 6.07) is 11.4. The molecule has 1 fully saturated rings. The quantitative estimate of drug-likeness (QED) is 0.489. The molecular weight excluding hydrogens is 459 g/mol. The predicted octanol–water partition coefficient (Wildman–Crippen LogP) is 4.11. The average Bonchev–Trinajstić information content (AvgIpc) is 3.35. The van der Waals surface area contributed by atoms with E-state index in [9.17, 15) is 5.11 Å². The van der Waals surface area contributed by atoms with Crippen LogP contribution in [0, 0.1) is 0 Å². The Balaban J connectivity index is 1.42. The monoisotopic (exact) mass is 490 g/mol. The molecule has 178 valence electrons. The number of fused-ring (bicyclic) bond motifs is 1. The number of likely N-dealkylation sites (tertiary alicyclic amines) is 1. The molecule has 2 aromatic carbocycles. The first-order chi connectivity index (χ1) is 16.0. The number of nitrogens with one attached hydrogen (secondary N) is 1. The lowest BCUT2D eigenvalue weighted by Crippen LogP contribution is -2.46. The molecule has 2 N–H and O–H groups in total. The second-order valence-electron chi connectivity index (χ2n) is 8.55. The summed E-state index contributed by atoms with van der Waals surface area (Å²) < 4.78 is 16.6. The molecule has 0 aromatic heterocycles. The third-order valence-corrected chi connectivity index (χ3v) is 6.87. The van der Waals surface area contributed by atoms with E-state index in [4.69, 9.17) is 25.8 Å². The van der Waals surface area contributed by atoms with Gasteiger partial charge in [-0.05, 0) is 74.2 Å². The number of ether oxygens (including phenoxy) is 3. The molecule has 2 heterocycles. The first-order valence-corrected chi connectivity index (χ1v) is 12.4. The van der Waals surface area contributed by atoms with Crippen LogP contribution in [-0.2, 0) is 6.42 Å². The number of aliphatic hydroxyl groups excluding tert-OH is 1. The molecule has 0 saturated carbocycles. The Morgan fingerprint density at radius 2 is 1.91 bits per heavy atom. The first-order valence-electron chi connectivity index (χ1n) is 11.5. The summed E-state index contributed by atoms with van der Waals surface area (Å²) in [6.07, 6.45) is 3.30. The minimum Gasteiger partial charge on any atom is -0.495 e. The molecule has 0 radical (unpaired) electrons. The second-order valence-corrected chi connectivity index (χ2v) is 9.56. The summed E-state index contributed by atoms with van der Waals surface area (Å²) in [6.45, 7) is 3.96. The highest BCUT2D eigenvalue weighted by Crippen LogP contribution is 2.33. The van der Waals surface area contributed by atoms with Gasteiger partial charge in [0.2, 0.25) is 0 Å². The van der Waals surface area contributed by atoms with E-state index in [1.807, 2.05) is 36.4 Å². The summed E-state index contributed by atoms with van der Waals surface area (Å²) in [5, 5.41) is 15.5. The molecule has 2 aliphatic heterocycles. The maximum Gasteiger partial charge on any atom is 0.161 e. The Morgan fingerprint density at radius 1 is 1.15 bits per heavy atom. The topological polar surface area (TPSA) is 63.2 Å². The Labute approximate surface area is 203 Å². The molecule has 2 aliphatic rings. The number of hydrogen-bond donors (Lipinski definition) is 2. The van der Waals surface area contributed by atoms with Crippen LogP contribution in [0.5, 0.6) is 17.2 Å². The molecule has 33 heavy (non-hydrogen) atoms. The SMILES string of the molecule is COc1ccc(CCC(=P)N[C@H](CN2CCCC2)[C@H](O)c2ccc3c(c2)OCCO3)cc1Cl. The van der Waals surface area contributed by atoms with Gasteiger partial charge in [0.05, 0.1) is 24.3 Å². The lowest BCUT2D eigenvalue weighted by atomic mass is 10.0. The molecule has 4 rings (SSSR count).